The molecule has 1 fully saturated rings. The Bertz CT molecular complexity index is 1170. The highest BCUT2D eigenvalue weighted by Crippen LogP contribution is 2.40. The molecule has 2 aromatic carbocycles. The minimum Gasteiger partial charge on any atom is -0.390 e. The molecule has 6 nitrogen and oxygen atoms in total. The first-order chi connectivity index (χ1) is 15.1. The SMILES string of the molecule is Cc1cn(-c2ccc(/C=C3\CCCN4C3=NOC4(CO)c3cccc(F)c3)cc2)cn1. The summed E-state index contributed by atoms with van der Waals surface area (Å²) in [6.07, 6.45) is 7.62. The van der Waals surface area contributed by atoms with Gasteiger partial charge in [0.1, 0.15) is 12.4 Å². The number of nitrogens with zero attached hydrogens (tertiary/aromatic N) is 4. The quantitative estimate of drug-likeness (QED) is 0.696. The predicted octanol–water partition coefficient (Wildman–Crippen LogP) is 3.99. The minimum absolute atomic E-state index is 0.324. The zero-order valence-electron chi connectivity index (χ0n) is 17.2. The van der Waals surface area contributed by atoms with Gasteiger partial charge in [0.25, 0.3) is 5.72 Å². The van der Waals surface area contributed by atoms with Crippen molar-refractivity contribution in [1.82, 2.24) is 14.5 Å². The van der Waals surface area contributed by atoms with Crippen LogP contribution in [0.5, 0.6) is 0 Å². The van der Waals surface area contributed by atoms with Gasteiger partial charge >= 0.3 is 0 Å². The highest BCUT2D eigenvalue weighted by atomic mass is 19.1. The highest BCUT2D eigenvalue weighted by Gasteiger charge is 2.49. The molecule has 3 aromatic rings. The first-order valence-electron chi connectivity index (χ1n) is 10.3. The van der Waals surface area contributed by atoms with E-state index >= 15 is 0 Å². The lowest BCUT2D eigenvalue weighted by atomic mass is 9.95. The van der Waals surface area contributed by atoms with Crippen molar-refractivity contribution in [1.29, 1.82) is 0 Å². The lowest BCUT2D eigenvalue weighted by Gasteiger charge is -2.38. The van der Waals surface area contributed by atoms with Crippen molar-refractivity contribution in [2.75, 3.05) is 13.2 Å². The molecule has 0 amide bonds. The molecule has 2 aliphatic heterocycles. The molecule has 7 heteroatoms. The Morgan fingerprint density at radius 2 is 2.06 bits per heavy atom. The van der Waals surface area contributed by atoms with Crippen LogP contribution in [-0.4, -0.2) is 38.5 Å². The molecular weight excluding hydrogens is 395 g/mol. The third-order valence-corrected chi connectivity index (χ3v) is 5.82. The molecule has 0 radical (unpaired) electrons. The molecule has 3 heterocycles. The van der Waals surface area contributed by atoms with Gasteiger partial charge < -0.3 is 19.4 Å². The summed E-state index contributed by atoms with van der Waals surface area (Å²) in [6, 6.07) is 14.3. The van der Waals surface area contributed by atoms with Crippen molar-refractivity contribution >= 4 is 11.9 Å². The lowest BCUT2D eigenvalue weighted by molar-refractivity contribution is -0.137. The second-order valence-corrected chi connectivity index (χ2v) is 7.90. The van der Waals surface area contributed by atoms with E-state index in [9.17, 15) is 9.50 Å². The first kappa shape index (κ1) is 19.5. The number of oxime groups is 1. The number of fused-ring (bicyclic) bond motifs is 1. The summed E-state index contributed by atoms with van der Waals surface area (Å²) in [5.41, 5.74) is 3.45. The number of hydrogen-bond donors (Lipinski definition) is 1. The molecule has 158 valence electrons. The van der Waals surface area contributed by atoms with Crippen LogP contribution in [0.15, 0.2) is 71.8 Å². The molecule has 0 spiro atoms. The van der Waals surface area contributed by atoms with Crippen molar-refractivity contribution < 1.29 is 14.3 Å². The van der Waals surface area contributed by atoms with Crippen molar-refractivity contribution in [3.05, 3.63) is 89.3 Å². The fraction of sp³-hybridized carbons (Fsp3) is 0.250. The Kier molecular flexibility index (Phi) is 4.82. The maximum atomic E-state index is 13.9. The molecule has 0 aliphatic carbocycles. The van der Waals surface area contributed by atoms with Crippen molar-refractivity contribution in [2.24, 2.45) is 5.16 Å². The van der Waals surface area contributed by atoms with E-state index in [1.807, 2.05) is 34.7 Å². The Hall–Kier alpha value is -3.45. The zero-order chi connectivity index (χ0) is 21.4. The topological polar surface area (TPSA) is 62.9 Å². The van der Waals surface area contributed by atoms with Gasteiger partial charge in [-0.05, 0) is 61.2 Å². The predicted molar refractivity (Wildman–Crippen MR) is 116 cm³/mol. The molecular formula is C24H23FN4O2. The number of rotatable bonds is 4. The summed E-state index contributed by atoms with van der Waals surface area (Å²) >= 11 is 0. The lowest BCUT2D eigenvalue weighted by Crippen LogP contribution is -2.51. The average Bonchev–Trinajstić information content (AvgIpc) is 3.39. The highest BCUT2D eigenvalue weighted by molar-refractivity contribution is 6.03. The van der Waals surface area contributed by atoms with Crippen molar-refractivity contribution in [3.8, 4) is 5.69 Å². The van der Waals surface area contributed by atoms with E-state index in [1.165, 1.54) is 12.1 Å². The second-order valence-electron chi connectivity index (χ2n) is 7.90. The maximum Gasteiger partial charge on any atom is 0.260 e. The van der Waals surface area contributed by atoms with Gasteiger partial charge in [-0.3, -0.25) is 0 Å². The van der Waals surface area contributed by atoms with Crippen LogP contribution in [-0.2, 0) is 10.6 Å². The number of hydrogen-bond acceptors (Lipinski definition) is 5. The molecule has 0 saturated carbocycles. The van der Waals surface area contributed by atoms with E-state index in [4.69, 9.17) is 4.84 Å². The van der Waals surface area contributed by atoms with E-state index in [1.54, 1.807) is 18.5 Å². The second kappa shape index (κ2) is 7.67. The van der Waals surface area contributed by atoms with Gasteiger partial charge in [0.15, 0.2) is 5.84 Å². The normalized spacial score (nSPS) is 21.7. The fourth-order valence-electron chi connectivity index (χ4n) is 4.23. The van der Waals surface area contributed by atoms with Crippen molar-refractivity contribution in [3.63, 3.8) is 0 Å². The summed E-state index contributed by atoms with van der Waals surface area (Å²) < 4.78 is 15.8. The van der Waals surface area contributed by atoms with Crippen LogP contribution in [0.25, 0.3) is 11.8 Å². The van der Waals surface area contributed by atoms with E-state index in [-0.39, 0.29) is 12.4 Å². The zero-order valence-corrected chi connectivity index (χ0v) is 17.2. The number of imidazole rings is 1. The first-order valence-corrected chi connectivity index (χ1v) is 10.3. The summed E-state index contributed by atoms with van der Waals surface area (Å²) in [4.78, 5) is 12.0. The van der Waals surface area contributed by atoms with Gasteiger partial charge in [-0.1, -0.05) is 29.4 Å². The van der Waals surface area contributed by atoms with Crippen LogP contribution in [0.4, 0.5) is 4.39 Å². The summed E-state index contributed by atoms with van der Waals surface area (Å²) in [5, 5.41) is 14.5. The Morgan fingerprint density at radius 3 is 2.77 bits per heavy atom. The summed E-state index contributed by atoms with van der Waals surface area (Å²) in [7, 11) is 0. The minimum atomic E-state index is -1.19. The number of aryl methyl sites for hydroxylation is 1. The van der Waals surface area contributed by atoms with E-state index < -0.39 is 5.72 Å². The van der Waals surface area contributed by atoms with Crippen LogP contribution in [0.3, 0.4) is 0 Å². The van der Waals surface area contributed by atoms with Crippen LogP contribution in [0.1, 0.15) is 29.7 Å². The van der Waals surface area contributed by atoms with Crippen LogP contribution < -0.4 is 0 Å². The van der Waals surface area contributed by atoms with Gasteiger partial charge in [0.05, 0.1) is 12.0 Å². The van der Waals surface area contributed by atoms with Gasteiger partial charge in [-0.25, -0.2) is 9.37 Å². The van der Waals surface area contributed by atoms with E-state index in [2.05, 4.69) is 28.3 Å². The van der Waals surface area contributed by atoms with Gasteiger partial charge in [0, 0.05) is 24.0 Å². The number of halogens is 1. The molecule has 0 bridgehead atoms. The van der Waals surface area contributed by atoms with Crippen LogP contribution in [0, 0.1) is 12.7 Å². The summed E-state index contributed by atoms with van der Waals surface area (Å²) in [5.74, 6) is 0.321. The van der Waals surface area contributed by atoms with E-state index in [0.717, 1.165) is 35.4 Å². The molecule has 5 rings (SSSR count). The van der Waals surface area contributed by atoms with Gasteiger partial charge in [0.2, 0.25) is 0 Å². The standard InChI is InChI=1S/C24H23FN4O2/c1-17-14-28(16-26-17)22-9-7-18(8-10-22)12-19-4-3-11-29-23(19)27-31-24(29,15-30)20-5-2-6-21(25)13-20/h2,5-10,12-14,16,30H,3-4,11,15H2,1H3/b19-12+. The maximum absolute atomic E-state index is 13.9. The Morgan fingerprint density at radius 1 is 1.23 bits per heavy atom. The van der Waals surface area contributed by atoms with Crippen molar-refractivity contribution in [2.45, 2.75) is 25.5 Å². The monoisotopic (exact) mass is 418 g/mol. The molecule has 1 atom stereocenters. The largest absolute Gasteiger partial charge is 0.390 e. The molecule has 1 aromatic heterocycles. The van der Waals surface area contributed by atoms with Gasteiger partial charge in [-0.15, -0.1) is 0 Å². The van der Waals surface area contributed by atoms with Crippen LogP contribution in [0.2, 0.25) is 0 Å². The summed E-state index contributed by atoms with van der Waals surface area (Å²) in [6.45, 7) is 2.31. The molecule has 2 aliphatic rings. The molecule has 1 saturated heterocycles. The third-order valence-electron chi connectivity index (χ3n) is 5.82. The molecule has 31 heavy (non-hydrogen) atoms. The molecule has 1 unspecified atom stereocenters. The Labute approximate surface area is 179 Å². The Balaban J connectivity index is 1.43. The number of aliphatic hydroxyl groups excluding tert-OH is 1. The number of benzene rings is 2. The smallest absolute Gasteiger partial charge is 0.260 e. The van der Waals surface area contributed by atoms with E-state index in [0.29, 0.717) is 17.9 Å². The fourth-order valence-corrected chi connectivity index (χ4v) is 4.23. The number of amidine groups is 1. The number of piperidine rings is 1. The third kappa shape index (κ3) is 3.41. The van der Waals surface area contributed by atoms with Gasteiger partial charge in [-0.2, -0.15) is 0 Å². The molecule has 1 N–H and O–H groups in total. The van der Waals surface area contributed by atoms with Crippen LogP contribution >= 0.6 is 0 Å². The number of aromatic nitrogens is 2. The number of aliphatic hydroxyl groups is 1. The average molecular weight is 418 g/mol.